The largest absolute Gasteiger partial charge is 0.308 e. The molecule has 0 aliphatic rings. The number of rotatable bonds is 8. The highest BCUT2D eigenvalue weighted by molar-refractivity contribution is 8.07. The number of hydrogen-bond acceptors (Lipinski definition) is 7. The Morgan fingerprint density at radius 1 is 0.949 bits per heavy atom. The molecule has 5 rings (SSSR count). The summed E-state index contributed by atoms with van der Waals surface area (Å²) >= 11 is 0. The number of anilines is 1. The van der Waals surface area contributed by atoms with Crippen molar-refractivity contribution < 1.29 is 13.2 Å². The first-order chi connectivity index (χ1) is 18.8. The van der Waals surface area contributed by atoms with Crippen molar-refractivity contribution in [3.63, 3.8) is 0 Å². The van der Waals surface area contributed by atoms with Crippen LogP contribution in [0.15, 0.2) is 73.1 Å². The van der Waals surface area contributed by atoms with Crippen molar-refractivity contribution in [2.75, 3.05) is 4.72 Å². The molecule has 198 valence electrons. The van der Waals surface area contributed by atoms with Crippen LogP contribution in [0.1, 0.15) is 46.6 Å². The Balaban J connectivity index is 1.43. The van der Waals surface area contributed by atoms with Crippen molar-refractivity contribution in [2.45, 2.75) is 40.2 Å². The summed E-state index contributed by atoms with van der Waals surface area (Å²) in [5, 5.41) is -1.00. The summed E-state index contributed by atoms with van der Waals surface area (Å²) in [6, 6.07) is 17.4. The molecule has 0 saturated carbocycles. The van der Waals surface area contributed by atoms with Gasteiger partial charge >= 0.3 is 10.0 Å². The fourth-order valence-electron chi connectivity index (χ4n) is 4.52. The Morgan fingerprint density at radius 3 is 2.41 bits per heavy atom. The minimum absolute atomic E-state index is 0.0879. The molecule has 0 saturated heterocycles. The molecule has 0 amide bonds. The van der Waals surface area contributed by atoms with Gasteiger partial charge in [-0.25, -0.2) is 15.0 Å². The number of carbonyl (C=O) groups excluding carboxylic acids is 1. The zero-order valence-corrected chi connectivity index (χ0v) is 22.7. The number of aryl methyl sites for hydroxylation is 3. The summed E-state index contributed by atoms with van der Waals surface area (Å²) in [6.45, 7) is 6.54. The predicted octanol–water partition coefficient (Wildman–Crippen LogP) is 5.09. The van der Waals surface area contributed by atoms with E-state index < -0.39 is 15.1 Å². The molecule has 5 aromatic rings. The van der Waals surface area contributed by atoms with Crippen LogP contribution in [0, 0.1) is 13.8 Å². The minimum Gasteiger partial charge on any atom is -0.308 e. The highest BCUT2D eigenvalue weighted by Gasteiger charge is 2.25. The summed E-state index contributed by atoms with van der Waals surface area (Å²) in [6.07, 6.45) is 4.77. The van der Waals surface area contributed by atoms with Crippen LogP contribution < -0.4 is 4.72 Å². The van der Waals surface area contributed by atoms with Gasteiger partial charge in [0, 0.05) is 23.7 Å². The van der Waals surface area contributed by atoms with Gasteiger partial charge in [0.1, 0.15) is 17.2 Å². The number of pyridine rings is 1. The first-order valence-electron chi connectivity index (χ1n) is 12.6. The maximum absolute atomic E-state index is 12.8. The SMILES string of the molecule is CCCc1nc2c(C)nc(C)nc2n1Cc1ccc(-c2ccncc2NS(=O)(=O)C(=O)c2ccccc2)cc1. The molecule has 0 aliphatic heterocycles. The van der Waals surface area contributed by atoms with Crippen LogP contribution in [0.25, 0.3) is 22.3 Å². The molecule has 0 radical (unpaired) electrons. The van der Waals surface area contributed by atoms with E-state index in [0.29, 0.717) is 17.9 Å². The quantitative estimate of drug-likeness (QED) is 0.291. The molecule has 10 heteroatoms. The number of nitrogens with zero attached hydrogens (tertiary/aromatic N) is 5. The number of aromatic nitrogens is 5. The van der Waals surface area contributed by atoms with E-state index in [0.717, 1.165) is 46.7 Å². The van der Waals surface area contributed by atoms with Gasteiger partial charge in [-0.15, -0.1) is 0 Å². The Kier molecular flexibility index (Phi) is 7.21. The maximum Gasteiger partial charge on any atom is 0.300 e. The van der Waals surface area contributed by atoms with E-state index in [9.17, 15) is 13.2 Å². The third-order valence-electron chi connectivity index (χ3n) is 6.36. The molecule has 9 nitrogen and oxygen atoms in total. The van der Waals surface area contributed by atoms with E-state index in [2.05, 4.69) is 31.2 Å². The van der Waals surface area contributed by atoms with Gasteiger partial charge in [0.25, 0.3) is 5.12 Å². The summed E-state index contributed by atoms with van der Waals surface area (Å²) < 4.78 is 30.3. The van der Waals surface area contributed by atoms with E-state index in [-0.39, 0.29) is 11.3 Å². The molecule has 39 heavy (non-hydrogen) atoms. The standard InChI is InChI=1S/C29H28N6O3S/c1-4-8-26-33-27-19(2)31-20(3)32-28(27)35(26)18-21-11-13-22(14-12-21)24-15-16-30-17-25(24)34-39(37,38)29(36)23-9-6-5-7-10-23/h5-7,9-17,34H,4,8,18H2,1-3H3. The molecule has 0 unspecified atom stereocenters. The van der Waals surface area contributed by atoms with Crippen LogP contribution in [-0.2, 0) is 23.0 Å². The normalized spacial score (nSPS) is 11.6. The van der Waals surface area contributed by atoms with E-state index in [4.69, 9.17) is 4.98 Å². The zero-order valence-electron chi connectivity index (χ0n) is 21.9. The van der Waals surface area contributed by atoms with E-state index in [1.807, 2.05) is 38.1 Å². The van der Waals surface area contributed by atoms with Gasteiger partial charge in [0.2, 0.25) is 0 Å². The summed E-state index contributed by atoms with van der Waals surface area (Å²) in [5.41, 5.74) is 5.25. The van der Waals surface area contributed by atoms with E-state index in [1.54, 1.807) is 30.5 Å². The van der Waals surface area contributed by atoms with Crippen molar-refractivity contribution in [3.8, 4) is 11.1 Å². The smallest absolute Gasteiger partial charge is 0.300 e. The number of carbonyl (C=O) groups is 1. The fourth-order valence-corrected chi connectivity index (χ4v) is 5.51. The Labute approximate surface area is 227 Å². The number of imidazole rings is 1. The van der Waals surface area contributed by atoms with E-state index >= 15 is 0 Å². The highest BCUT2D eigenvalue weighted by Crippen LogP contribution is 2.29. The third kappa shape index (κ3) is 5.42. The monoisotopic (exact) mass is 540 g/mol. The van der Waals surface area contributed by atoms with Gasteiger partial charge in [-0.2, -0.15) is 8.42 Å². The van der Waals surface area contributed by atoms with Crippen LogP contribution in [0.2, 0.25) is 0 Å². The molecule has 2 aromatic carbocycles. The molecule has 0 aliphatic carbocycles. The summed E-state index contributed by atoms with van der Waals surface area (Å²) in [5.74, 6) is 1.67. The van der Waals surface area contributed by atoms with Gasteiger partial charge in [0.15, 0.2) is 5.65 Å². The average Bonchev–Trinajstić information content (AvgIpc) is 3.26. The van der Waals surface area contributed by atoms with Crippen molar-refractivity contribution in [1.29, 1.82) is 0 Å². The van der Waals surface area contributed by atoms with E-state index in [1.165, 1.54) is 18.3 Å². The number of benzene rings is 2. The van der Waals surface area contributed by atoms with Crippen LogP contribution in [0.5, 0.6) is 0 Å². The van der Waals surface area contributed by atoms with Crippen LogP contribution in [0.4, 0.5) is 5.69 Å². The van der Waals surface area contributed by atoms with Crippen LogP contribution >= 0.6 is 0 Å². The predicted molar refractivity (Wildman–Crippen MR) is 151 cm³/mol. The average molecular weight is 541 g/mol. The van der Waals surface area contributed by atoms with Gasteiger partial charge in [0.05, 0.1) is 24.1 Å². The lowest BCUT2D eigenvalue weighted by Gasteiger charge is -2.13. The maximum atomic E-state index is 12.8. The lowest BCUT2D eigenvalue weighted by atomic mass is 10.0. The molecule has 0 bridgehead atoms. The first kappa shape index (κ1) is 26.2. The Bertz CT molecular complexity index is 1760. The summed E-state index contributed by atoms with van der Waals surface area (Å²) in [4.78, 5) is 30.7. The van der Waals surface area contributed by atoms with Gasteiger partial charge in [-0.05, 0) is 37.5 Å². The Hall–Kier alpha value is -4.44. The van der Waals surface area contributed by atoms with Gasteiger partial charge in [-0.3, -0.25) is 14.5 Å². The molecule has 0 fully saturated rings. The topological polar surface area (TPSA) is 120 Å². The lowest BCUT2D eigenvalue weighted by molar-refractivity contribution is 0.107. The third-order valence-corrected chi connectivity index (χ3v) is 7.57. The zero-order chi connectivity index (χ0) is 27.6. The molecular formula is C29H28N6O3S. The number of nitrogens with one attached hydrogen (secondary N) is 1. The van der Waals surface area contributed by atoms with Crippen molar-refractivity contribution >= 4 is 32.0 Å². The molecule has 3 aromatic heterocycles. The van der Waals surface area contributed by atoms with Crippen LogP contribution in [0.3, 0.4) is 0 Å². The summed E-state index contributed by atoms with van der Waals surface area (Å²) in [7, 11) is -4.33. The number of sulfonamides is 1. The Morgan fingerprint density at radius 2 is 1.69 bits per heavy atom. The molecular weight excluding hydrogens is 512 g/mol. The minimum atomic E-state index is -4.33. The lowest BCUT2D eigenvalue weighted by Crippen LogP contribution is -2.23. The van der Waals surface area contributed by atoms with Gasteiger partial charge in [-0.1, -0.05) is 61.5 Å². The molecule has 1 N–H and O–H groups in total. The number of fused-ring (bicyclic) bond motifs is 1. The highest BCUT2D eigenvalue weighted by atomic mass is 32.2. The first-order valence-corrected chi connectivity index (χ1v) is 14.1. The second-order valence-corrected chi connectivity index (χ2v) is 10.9. The fraction of sp³-hybridized carbons (Fsp3) is 0.207. The second-order valence-electron chi connectivity index (χ2n) is 9.27. The second kappa shape index (κ2) is 10.7. The molecule has 3 heterocycles. The molecule has 0 atom stereocenters. The van der Waals surface area contributed by atoms with Crippen molar-refractivity contribution in [2.24, 2.45) is 0 Å². The number of hydrogen-bond donors (Lipinski definition) is 1. The molecule has 0 spiro atoms. The van der Waals surface area contributed by atoms with Crippen molar-refractivity contribution in [1.82, 2.24) is 24.5 Å². The van der Waals surface area contributed by atoms with Crippen LogP contribution in [-0.4, -0.2) is 38.0 Å². The van der Waals surface area contributed by atoms with Crippen molar-refractivity contribution in [3.05, 3.63) is 102 Å². The van der Waals surface area contributed by atoms with Gasteiger partial charge < -0.3 is 4.57 Å².